The van der Waals surface area contributed by atoms with Gasteiger partial charge in [-0.25, -0.2) is 0 Å². The van der Waals surface area contributed by atoms with Crippen LogP contribution in [-0.4, -0.2) is 27.4 Å². The molecule has 2 heterocycles. The van der Waals surface area contributed by atoms with Crippen molar-refractivity contribution >= 4 is 63.4 Å². The van der Waals surface area contributed by atoms with Crippen molar-refractivity contribution in [3.05, 3.63) is 102 Å². The first-order valence-corrected chi connectivity index (χ1v) is 12.3. The smallest absolute Gasteiger partial charge is 0.270 e. The molecule has 2 N–H and O–H groups in total. The number of nitrogens with one attached hydrogen (secondary N) is 2. The van der Waals surface area contributed by atoms with E-state index in [1.807, 2.05) is 78.9 Å². The number of amides is 3. The van der Waals surface area contributed by atoms with Gasteiger partial charge in [0.05, 0.1) is 5.69 Å². The molecular formula is C29H24N4O3S. The monoisotopic (exact) mass is 508 g/mol. The molecule has 1 fully saturated rings. The van der Waals surface area contributed by atoms with Crippen LogP contribution in [0.25, 0.3) is 17.0 Å². The zero-order chi connectivity index (χ0) is 25.9. The Bertz CT molecular complexity index is 1560. The van der Waals surface area contributed by atoms with Crippen molar-refractivity contribution in [1.82, 2.24) is 9.88 Å². The first-order valence-electron chi connectivity index (χ1n) is 11.9. The highest BCUT2D eigenvalue weighted by Gasteiger charge is 2.34. The third-order valence-electron chi connectivity index (χ3n) is 6.20. The Morgan fingerprint density at radius 2 is 1.68 bits per heavy atom. The van der Waals surface area contributed by atoms with Gasteiger partial charge in [-0.3, -0.25) is 24.6 Å². The molecule has 3 amide bonds. The van der Waals surface area contributed by atoms with Gasteiger partial charge in [-0.15, -0.1) is 0 Å². The van der Waals surface area contributed by atoms with Crippen molar-refractivity contribution in [1.29, 1.82) is 0 Å². The molecule has 184 valence electrons. The van der Waals surface area contributed by atoms with Gasteiger partial charge in [0.25, 0.3) is 11.8 Å². The van der Waals surface area contributed by atoms with Gasteiger partial charge in [-0.2, -0.15) is 0 Å². The number of fused-ring (bicyclic) bond motifs is 1. The minimum atomic E-state index is -0.560. The number of nitrogens with zero attached hydrogens (tertiary/aromatic N) is 2. The molecule has 37 heavy (non-hydrogen) atoms. The van der Waals surface area contributed by atoms with Crippen LogP contribution in [0.1, 0.15) is 18.1 Å². The largest absolute Gasteiger partial charge is 0.337 e. The van der Waals surface area contributed by atoms with Gasteiger partial charge in [-0.1, -0.05) is 55.5 Å². The maximum atomic E-state index is 13.5. The van der Waals surface area contributed by atoms with E-state index >= 15 is 0 Å². The van der Waals surface area contributed by atoms with Crippen molar-refractivity contribution in [3.8, 4) is 0 Å². The van der Waals surface area contributed by atoms with Crippen LogP contribution in [0.15, 0.2) is 90.6 Å². The molecule has 0 saturated carbocycles. The second-order valence-corrected chi connectivity index (χ2v) is 9.01. The Balaban J connectivity index is 1.48. The van der Waals surface area contributed by atoms with Crippen LogP contribution in [0, 0.1) is 0 Å². The maximum absolute atomic E-state index is 13.5. The van der Waals surface area contributed by atoms with E-state index in [-0.39, 0.29) is 23.1 Å². The SMILES string of the molecule is CCc1ccc(N2C(=O)/C(=C\c3cn(CC(=O)Nc4ccccc4)c4ccccc34)C(=O)NC2=S)cc1. The lowest BCUT2D eigenvalue weighted by atomic mass is 10.1. The number of para-hydroxylation sites is 2. The molecule has 1 saturated heterocycles. The summed E-state index contributed by atoms with van der Waals surface area (Å²) >= 11 is 5.32. The zero-order valence-electron chi connectivity index (χ0n) is 20.1. The normalized spacial score (nSPS) is 14.8. The fourth-order valence-corrected chi connectivity index (χ4v) is 4.61. The summed E-state index contributed by atoms with van der Waals surface area (Å²) < 4.78 is 1.80. The van der Waals surface area contributed by atoms with Gasteiger partial charge in [-0.05, 0) is 60.6 Å². The number of hydrogen-bond acceptors (Lipinski definition) is 4. The van der Waals surface area contributed by atoms with Crippen LogP contribution in [0.5, 0.6) is 0 Å². The van der Waals surface area contributed by atoms with Crippen LogP contribution in [0.2, 0.25) is 0 Å². The van der Waals surface area contributed by atoms with Crippen LogP contribution < -0.4 is 15.5 Å². The van der Waals surface area contributed by atoms with Gasteiger partial charge in [0, 0.05) is 28.4 Å². The number of hydrogen-bond donors (Lipinski definition) is 2. The van der Waals surface area contributed by atoms with E-state index < -0.39 is 11.8 Å². The third-order valence-corrected chi connectivity index (χ3v) is 6.48. The van der Waals surface area contributed by atoms with Crippen molar-refractivity contribution < 1.29 is 14.4 Å². The minimum Gasteiger partial charge on any atom is -0.337 e. The van der Waals surface area contributed by atoms with E-state index in [4.69, 9.17) is 12.2 Å². The summed E-state index contributed by atoms with van der Waals surface area (Å²) in [6, 6.07) is 24.3. The summed E-state index contributed by atoms with van der Waals surface area (Å²) in [7, 11) is 0. The van der Waals surface area contributed by atoms with E-state index in [0.29, 0.717) is 16.9 Å². The fraction of sp³-hybridized carbons (Fsp3) is 0.103. The standard InChI is InChI=1S/C29H24N4O3S/c1-2-19-12-14-22(15-13-19)33-28(36)24(27(35)31-29(33)37)16-20-17-32(25-11-7-6-10-23(20)25)18-26(34)30-21-8-4-3-5-9-21/h3-17H,2,18H2,1H3,(H,30,34)(H,31,35,37)/b24-16-. The fourth-order valence-electron chi connectivity index (χ4n) is 4.33. The van der Waals surface area contributed by atoms with Gasteiger partial charge in [0.15, 0.2) is 5.11 Å². The van der Waals surface area contributed by atoms with E-state index in [0.717, 1.165) is 22.9 Å². The average Bonchev–Trinajstić information content (AvgIpc) is 3.24. The van der Waals surface area contributed by atoms with Crippen molar-refractivity contribution in [3.63, 3.8) is 0 Å². The lowest BCUT2D eigenvalue weighted by Gasteiger charge is -2.29. The summed E-state index contributed by atoms with van der Waals surface area (Å²) in [5.41, 5.74) is 3.84. The Hall–Kier alpha value is -4.56. The molecule has 8 heteroatoms. The van der Waals surface area contributed by atoms with Crippen molar-refractivity contribution in [2.45, 2.75) is 19.9 Å². The van der Waals surface area contributed by atoms with Crippen LogP contribution >= 0.6 is 12.2 Å². The number of aromatic nitrogens is 1. The van der Waals surface area contributed by atoms with E-state index in [1.54, 1.807) is 16.8 Å². The molecule has 5 rings (SSSR count). The predicted octanol–water partition coefficient (Wildman–Crippen LogP) is 4.67. The van der Waals surface area contributed by atoms with Gasteiger partial charge in [0.2, 0.25) is 5.91 Å². The molecule has 1 aliphatic heterocycles. The van der Waals surface area contributed by atoms with E-state index in [9.17, 15) is 14.4 Å². The molecule has 0 bridgehead atoms. The second-order valence-electron chi connectivity index (χ2n) is 8.62. The summed E-state index contributed by atoms with van der Waals surface area (Å²) in [4.78, 5) is 40.4. The van der Waals surface area contributed by atoms with Gasteiger partial charge >= 0.3 is 0 Å². The van der Waals surface area contributed by atoms with Crippen LogP contribution in [0.4, 0.5) is 11.4 Å². The lowest BCUT2D eigenvalue weighted by molar-refractivity contribution is -0.122. The second kappa shape index (κ2) is 10.2. The number of thiocarbonyl (C=S) groups is 1. The highest BCUT2D eigenvalue weighted by atomic mass is 32.1. The predicted molar refractivity (Wildman–Crippen MR) is 149 cm³/mol. The molecule has 0 unspecified atom stereocenters. The molecule has 0 radical (unpaired) electrons. The number of anilines is 2. The first-order chi connectivity index (χ1) is 17.9. The molecule has 1 aromatic heterocycles. The van der Waals surface area contributed by atoms with Crippen molar-refractivity contribution in [2.75, 3.05) is 10.2 Å². The Labute approximate surface area is 219 Å². The summed E-state index contributed by atoms with van der Waals surface area (Å²) in [5.74, 6) is -1.25. The van der Waals surface area contributed by atoms with E-state index in [2.05, 4.69) is 17.6 Å². The van der Waals surface area contributed by atoms with Crippen LogP contribution in [0.3, 0.4) is 0 Å². The number of aryl methyl sites for hydroxylation is 1. The Morgan fingerprint density at radius 1 is 0.973 bits per heavy atom. The maximum Gasteiger partial charge on any atom is 0.270 e. The van der Waals surface area contributed by atoms with Gasteiger partial charge in [0.1, 0.15) is 12.1 Å². The summed E-state index contributed by atoms with van der Waals surface area (Å²) in [5, 5.41) is 6.37. The minimum absolute atomic E-state index is 0.0372. The molecule has 0 aliphatic carbocycles. The quantitative estimate of drug-likeness (QED) is 0.225. The van der Waals surface area contributed by atoms with Crippen LogP contribution in [-0.2, 0) is 27.3 Å². The Kier molecular flexibility index (Phi) is 6.66. The number of rotatable bonds is 6. The summed E-state index contributed by atoms with van der Waals surface area (Å²) in [6.45, 7) is 2.12. The molecule has 0 spiro atoms. The molecule has 7 nitrogen and oxygen atoms in total. The summed E-state index contributed by atoms with van der Waals surface area (Å²) in [6.07, 6.45) is 4.20. The lowest BCUT2D eigenvalue weighted by Crippen LogP contribution is -2.54. The molecular weight excluding hydrogens is 484 g/mol. The number of carbonyl (C=O) groups excluding carboxylic acids is 3. The number of benzene rings is 3. The van der Waals surface area contributed by atoms with Crippen molar-refractivity contribution in [2.24, 2.45) is 0 Å². The van der Waals surface area contributed by atoms with E-state index in [1.165, 1.54) is 4.90 Å². The number of carbonyl (C=O) groups is 3. The highest BCUT2D eigenvalue weighted by Crippen LogP contribution is 2.27. The third kappa shape index (κ3) is 4.92. The Morgan fingerprint density at radius 3 is 2.41 bits per heavy atom. The zero-order valence-corrected chi connectivity index (χ0v) is 20.9. The molecule has 3 aromatic carbocycles. The molecule has 0 atom stereocenters. The first kappa shape index (κ1) is 24.1. The van der Waals surface area contributed by atoms with Gasteiger partial charge < -0.3 is 9.88 Å². The highest BCUT2D eigenvalue weighted by molar-refractivity contribution is 7.80. The molecule has 4 aromatic rings. The molecule has 1 aliphatic rings. The topological polar surface area (TPSA) is 83.4 Å². The average molecular weight is 509 g/mol.